The Balaban J connectivity index is 1.56. The van der Waals surface area contributed by atoms with E-state index < -0.39 is 0 Å². The van der Waals surface area contributed by atoms with Gasteiger partial charge in [-0.15, -0.1) is 0 Å². The minimum absolute atomic E-state index is 0.156. The van der Waals surface area contributed by atoms with Crippen LogP contribution < -0.4 is 15.6 Å². The number of anilines is 1. The second kappa shape index (κ2) is 7.48. The van der Waals surface area contributed by atoms with Crippen molar-refractivity contribution in [3.8, 4) is 5.75 Å². The van der Waals surface area contributed by atoms with Gasteiger partial charge in [-0.2, -0.15) is 0 Å². The number of benzene rings is 2. The van der Waals surface area contributed by atoms with Crippen LogP contribution in [-0.4, -0.2) is 15.9 Å². The predicted molar refractivity (Wildman–Crippen MR) is 107 cm³/mol. The van der Waals surface area contributed by atoms with Crippen molar-refractivity contribution < 1.29 is 9.53 Å². The number of carbonyl (C=O) groups excluding carboxylic acids is 1. The molecule has 0 saturated heterocycles. The van der Waals surface area contributed by atoms with E-state index in [4.69, 9.17) is 16.3 Å². The molecule has 0 bridgehead atoms. The summed E-state index contributed by atoms with van der Waals surface area (Å²) in [5.74, 6) is 0.997. The summed E-state index contributed by atoms with van der Waals surface area (Å²) < 4.78 is 5.80. The molecule has 4 rings (SSSR count). The molecular formula is C21H18ClN3O3. The number of fused-ring (bicyclic) bond motifs is 1. The fourth-order valence-electron chi connectivity index (χ4n) is 3.36. The minimum atomic E-state index is -0.345. The fraction of sp³-hybridized carbons (Fsp3) is 0.190. The van der Waals surface area contributed by atoms with Crippen LogP contribution in [0.25, 0.3) is 0 Å². The van der Waals surface area contributed by atoms with Gasteiger partial charge in [-0.05, 0) is 42.3 Å². The first kappa shape index (κ1) is 18.3. The molecule has 2 heterocycles. The number of nitrogens with zero attached hydrogens (tertiary/aromatic N) is 1. The lowest BCUT2D eigenvalue weighted by Crippen LogP contribution is -2.31. The SMILES string of the molecule is Cc1nc2c(c(=O)[nH]1)[C@H](c1ccc(OCc3cccc(Cl)c3)cc1)CC(=O)N2. The third kappa shape index (κ3) is 3.77. The van der Waals surface area contributed by atoms with Gasteiger partial charge >= 0.3 is 0 Å². The van der Waals surface area contributed by atoms with Crippen molar-refractivity contribution in [2.24, 2.45) is 0 Å². The number of aryl methyl sites for hydroxylation is 1. The highest BCUT2D eigenvalue weighted by molar-refractivity contribution is 6.30. The Bertz CT molecular complexity index is 1090. The summed E-state index contributed by atoms with van der Waals surface area (Å²) in [6.07, 6.45) is 0.198. The maximum absolute atomic E-state index is 12.4. The predicted octanol–water partition coefficient (Wildman–Crippen LogP) is 3.78. The Labute approximate surface area is 166 Å². The van der Waals surface area contributed by atoms with Gasteiger partial charge in [0.15, 0.2) is 0 Å². The molecule has 1 amide bonds. The number of H-pyrrole nitrogens is 1. The molecule has 1 atom stereocenters. The van der Waals surface area contributed by atoms with Crippen molar-refractivity contribution in [2.75, 3.05) is 5.32 Å². The molecule has 0 aliphatic carbocycles. The van der Waals surface area contributed by atoms with E-state index in [0.717, 1.165) is 11.1 Å². The van der Waals surface area contributed by atoms with Gasteiger partial charge in [-0.3, -0.25) is 9.59 Å². The summed E-state index contributed by atoms with van der Waals surface area (Å²) in [6.45, 7) is 2.08. The van der Waals surface area contributed by atoms with Crippen molar-refractivity contribution in [2.45, 2.75) is 25.9 Å². The van der Waals surface area contributed by atoms with Crippen LogP contribution in [-0.2, 0) is 11.4 Å². The number of carbonyl (C=O) groups is 1. The van der Waals surface area contributed by atoms with Gasteiger partial charge < -0.3 is 15.0 Å². The van der Waals surface area contributed by atoms with Crippen molar-refractivity contribution in [3.05, 3.63) is 86.4 Å². The zero-order chi connectivity index (χ0) is 19.7. The Kier molecular flexibility index (Phi) is 4.88. The Morgan fingerprint density at radius 3 is 2.71 bits per heavy atom. The molecule has 2 N–H and O–H groups in total. The second-order valence-electron chi connectivity index (χ2n) is 6.71. The summed E-state index contributed by atoms with van der Waals surface area (Å²) in [4.78, 5) is 31.5. The number of aromatic nitrogens is 2. The molecule has 1 aliphatic heterocycles. The quantitative estimate of drug-likeness (QED) is 0.704. The maximum atomic E-state index is 12.4. The van der Waals surface area contributed by atoms with Crippen LogP contribution in [0.1, 0.15) is 34.9 Å². The third-order valence-electron chi connectivity index (χ3n) is 4.65. The second-order valence-corrected chi connectivity index (χ2v) is 7.14. The normalized spacial score (nSPS) is 15.6. The lowest BCUT2D eigenvalue weighted by Gasteiger charge is -2.24. The van der Waals surface area contributed by atoms with E-state index in [2.05, 4.69) is 15.3 Å². The topological polar surface area (TPSA) is 84.1 Å². The zero-order valence-electron chi connectivity index (χ0n) is 15.2. The lowest BCUT2D eigenvalue weighted by molar-refractivity contribution is -0.116. The van der Waals surface area contributed by atoms with Crippen LogP contribution in [0, 0.1) is 6.92 Å². The fourth-order valence-corrected chi connectivity index (χ4v) is 3.57. The van der Waals surface area contributed by atoms with E-state index in [-0.39, 0.29) is 23.8 Å². The van der Waals surface area contributed by atoms with Crippen LogP contribution in [0.2, 0.25) is 5.02 Å². The number of hydrogen-bond donors (Lipinski definition) is 2. The summed E-state index contributed by atoms with van der Waals surface area (Å²) >= 11 is 5.99. The highest BCUT2D eigenvalue weighted by Gasteiger charge is 2.30. The van der Waals surface area contributed by atoms with E-state index in [9.17, 15) is 9.59 Å². The summed E-state index contributed by atoms with van der Waals surface area (Å²) in [5, 5.41) is 3.36. The van der Waals surface area contributed by atoms with Gasteiger partial charge in [-0.1, -0.05) is 35.9 Å². The average Bonchev–Trinajstić information content (AvgIpc) is 2.65. The smallest absolute Gasteiger partial charge is 0.256 e. The van der Waals surface area contributed by atoms with Crippen LogP contribution in [0.5, 0.6) is 5.75 Å². The number of ether oxygens (including phenoxy) is 1. The van der Waals surface area contributed by atoms with Gasteiger partial charge in [-0.25, -0.2) is 4.98 Å². The monoisotopic (exact) mass is 395 g/mol. The highest BCUT2D eigenvalue weighted by Crippen LogP contribution is 2.34. The first-order chi connectivity index (χ1) is 13.5. The summed E-state index contributed by atoms with van der Waals surface area (Å²) in [6, 6.07) is 14.9. The van der Waals surface area contributed by atoms with Gasteiger partial charge in [0, 0.05) is 17.4 Å². The molecule has 2 aromatic carbocycles. The molecule has 7 heteroatoms. The molecule has 0 saturated carbocycles. The van der Waals surface area contributed by atoms with Crippen molar-refractivity contribution in [1.82, 2.24) is 9.97 Å². The van der Waals surface area contributed by atoms with Gasteiger partial charge in [0.05, 0.1) is 5.56 Å². The number of nitrogens with one attached hydrogen (secondary N) is 2. The summed E-state index contributed by atoms with van der Waals surface area (Å²) in [7, 11) is 0. The van der Waals surface area contributed by atoms with E-state index in [0.29, 0.717) is 34.6 Å². The minimum Gasteiger partial charge on any atom is -0.489 e. The van der Waals surface area contributed by atoms with Crippen LogP contribution in [0.3, 0.4) is 0 Å². The first-order valence-electron chi connectivity index (χ1n) is 8.87. The molecule has 6 nitrogen and oxygen atoms in total. The Morgan fingerprint density at radius 1 is 1.18 bits per heavy atom. The number of amides is 1. The molecule has 0 unspecified atom stereocenters. The van der Waals surface area contributed by atoms with Crippen LogP contribution in [0.15, 0.2) is 53.3 Å². The number of halogens is 1. The molecular weight excluding hydrogens is 378 g/mol. The highest BCUT2D eigenvalue weighted by atomic mass is 35.5. The number of hydrogen-bond acceptors (Lipinski definition) is 4. The number of aromatic amines is 1. The van der Waals surface area contributed by atoms with Crippen LogP contribution >= 0.6 is 11.6 Å². The third-order valence-corrected chi connectivity index (χ3v) is 4.88. The molecule has 0 spiro atoms. The van der Waals surface area contributed by atoms with E-state index in [1.54, 1.807) is 6.92 Å². The molecule has 0 radical (unpaired) electrons. The maximum Gasteiger partial charge on any atom is 0.256 e. The van der Waals surface area contributed by atoms with Gasteiger partial charge in [0.2, 0.25) is 5.91 Å². The molecule has 28 heavy (non-hydrogen) atoms. The molecule has 3 aromatic rings. The lowest BCUT2D eigenvalue weighted by atomic mass is 9.87. The summed E-state index contributed by atoms with van der Waals surface area (Å²) in [5.41, 5.74) is 2.09. The van der Waals surface area contributed by atoms with E-state index in [1.165, 1.54) is 0 Å². The van der Waals surface area contributed by atoms with Crippen molar-refractivity contribution >= 4 is 23.3 Å². The Hall–Kier alpha value is -3.12. The van der Waals surface area contributed by atoms with Crippen molar-refractivity contribution in [1.29, 1.82) is 0 Å². The van der Waals surface area contributed by atoms with E-state index in [1.807, 2.05) is 48.5 Å². The van der Waals surface area contributed by atoms with E-state index >= 15 is 0 Å². The first-order valence-corrected chi connectivity index (χ1v) is 9.25. The largest absolute Gasteiger partial charge is 0.489 e. The van der Waals surface area contributed by atoms with Crippen LogP contribution in [0.4, 0.5) is 5.82 Å². The zero-order valence-corrected chi connectivity index (χ0v) is 15.9. The van der Waals surface area contributed by atoms with Gasteiger partial charge in [0.1, 0.15) is 24.0 Å². The average molecular weight is 396 g/mol. The molecule has 142 valence electrons. The molecule has 0 fully saturated rings. The Morgan fingerprint density at radius 2 is 1.96 bits per heavy atom. The standard InChI is InChI=1S/C21H18ClN3O3/c1-12-23-20-19(21(27)24-12)17(10-18(26)25-20)14-5-7-16(8-6-14)28-11-13-3-2-4-15(22)9-13/h2-9,17H,10-11H2,1H3,(H2,23,24,25,26,27)/t17-/m0/s1. The number of rotatable bonds is 4. The van der Waals surface area contributed by atoms with Crippen molar-refractivity contribution in [3.63, 3.8) is 0 Å². The molecule has 1 aliphatic rings. The molecule has 1 aromatic heterocycles. The van der Waals surface area contributed by atoms with Gasteiger partial charge in [0.25, 0.3) is 5.56 Å².